The minimum atomic E-state index is -0.178. The van der Waals surface area contributed by atoms with Gasteiger partial charge in [-0.3, -0.25) is 4.90 Å². The summed E-state index contributed by atoms with van der Waals surface area (Å²) >= 11 is 0. The molecule has 0 saturated carbocycles. The summed E-state index contributed by atoms with van der Waals surface area (Å²) in [4.78, 5) is 14.1. The molecule has 0 radical (unpaired) electrons. The molecule has 2 N–H and O–H groups in total. The molecule has 206 valence electrons. The van der Waals surface area contributed by atoms with Crippen LogP contribution in [0.15, 0.2) is 72.8 Å². The first-order valence-corrected chi connectivity index (χ1v) is 13.5. The van der Waals surface area contributed by atoms with E-state index in [-0.39, 0.29) is 5.82 Å². The lowest BCUT2D eigenvalue weighted by Crippen LogP contribution is -2.39. The van der Waals surface area contributed by atoms with Crippen molar-refractivity contribution < 1.29 is 9.13 Å². The third-order valence-corrected chi connectivity index (χ3v) is 6.79. The molecular weight excluding hydrogens is 491 g/mol. The van der Waals surface area contributed by atoms with E-state index in [0.717, 1.165) is 61.5 Å². The van der Waals surface area contributed by atoms with Crippen molar-refractivity contribution in [1.82, 2.24) is 14.9 Å². The van der Waals surface area contributed by atoms with Crippen molar-refractivity contribution in [2.45, 2.75) is 32.4 Å². The van der Waals surface area contributed by atoms with Crippen LogP contribution in [0.5, 0.6) is 5.75 Å². The summed E-state index contributed by atoms with van der Waals surface area (Å²) in [6.07, 6.45) is 2.14. The fraction of sp³-hybridized carbons (Fsp3) is 0.355. The Morgan fingerprint density at radius 2 is 1.67 bits per heavy atom. The number of fused-ring (bicyclic) bond motifs is 1. The summed E-state index contributed by atoms with van der Waals surface area (Å²) in [5.41, 5.74) is 3.43. The first-order valence-electron chi connectivity index (χ1n) is 13.5. The number of benzene rings is 3. The molecule has 8 heteroatoms. The van der Waals surface area contributed by atoms with Gasteiger partial charge >= 0.3 is 0 Å². The van der Waals surface area contributed by atoms with E-state index in [9.17, 15) is 4.39 Å². The van der Waals surface area contributed by atoms with Crippen LogP contribution in [0.3, 0.4) is 0 Å². The summed E-state index contributed by atoms with van der Waals surface area (Å²) in [5.74, 6) is 2.38. The van der Waals surface area contributed by atoms with Crippen LogP contribution < -0.4 is 20.3 Å². The zero-order chi connectivity index (χ0) is 27.6. The van der Waals surface area contributed by atoms with Crippen molar-refractivity contribution in [3.05, 3.63) is 84.2 Å². The van der Waals surface area contributed by atoms with E-state index in [1.165, 1.54) is 23.4 Å². The second-order valence-corrected chi connectivity index (χ2v) is 9.79. The van der Waals surface area contributed by atoms with Crippen LogP contribution in [0.2, 0.25) is 0 Å². The molecule has 0 aliphatic carbocycles. The average molecular weight is 531 g/mol. The number of aromatic nitrogens is 2. The van der Waals surface area contributed by atoms with Gasteiger partial charge in [-0.1, -0.05) is 36.4 Å². The fourth-order valence-electron chi connectivity index (χ4n) is 4.81. The van der Waals surface area contributed by atoms with Gasteiger partial charge in [0.1, 0.15) is 17.4 Å². The lowest BCUT2D eigenvalue weighted by Gasteiger charge is -2.34. The Hall–Kier alpha value is -3.91. The Bertz CT molecular complexity index is 1330. The van der Waals surface area contributed by atoms with Crippen molar-refractivity contribution in [1.29, 1.82) is 0 Å². The summed E-state index contributed by atoms with van der Waals surface area (Å²) in [7, 11) is 5.92. The van der Waals surface area contributed by atoms with Gasteiger partial charge in [0.15, 0.2) is 0 Å². The number of methoxy groups -OCH3 is 1. The van der Waals surface area contributed by atoms with Gasteiger partial charge in [0.25, 0.3) is 0 Å². The normalized spacial score (nSPS) is 13.9. The lowest BCUT2D eigenvalue weighted by molar-refractivity contribution is 0.209. The highest BCUT2D eigenvalue weighted by Gasteiger charge is 2.23. The molecule has 1 aliphatic heterocycles. The average Bonchev–Trinajstić information content (AvgIpc) is 2.95. The Kier molecular flexibility index (Phi) is 9.91. The van der Waals surface area contributed by atoms with Gasteiger partial charge in [-0.2, -0.15) is 4.98 Å². The largest absolute Gasteiger partial charge is 0.496 e. The molecule has 1 saturated heterocycles. The number of hydrogen-bond acceptors (Lipinski definition) is 7. The maximum Gasteiger partial charge on any atom is 0.225 e. The summed E-state index contributed by atoms with van der Waals surface area (Å²) < 4.78 is 17.6. The highest BCUT2D eigenvalue weighted by molar-refractivity contribution is 5.90. The molecule has 1 fully saturated rings. The molecule has 0 atom stereocenters. The molecule has 2 heterocycles. The number of halogens is 1. The summed E-state index contributed by atoms with van der Waals surface area (Å²) in [5, 5.41) is 8.03. The molecule has 4 aromatic rings. The Labute approximate surface area is 231 Å². The van der Waals surface area contributed by atoms with Crippen LogP contribution in [0, 0.1) is 5.82 Å². The fourth-order valence-corrected chi connectivity index (χ4v) is 4.81. The second kappa shape index (κ2) is 13.8. The number of ether oxygens (including phenoxy) is 1. The topological polar surface area (TPSA) is 65.6 Å². The molecule has 0 unspecified atom stereocenters. The van der Waals surface area contributed by atoms with Crippen molar-refractivity contribution in [2.75, 3.05) is 56.4 Å². The van der Waals surface area contributed by atoms with Gasteiger partial charge in [-0.05, 0) is 56.2 Å². The number of likely N-dealkylation sites (tertiary alicyclic amines) is 1. The highest BCUT2D eigenvalue weighted by Crippen LogP contribution is 2.31. The first-order chi connectivity index (χ1) is 19.0. The third-order valence-electron chi connectivity index (χ3n) is 6.79. The number of nitrogens with zero attached hydrogens (tertiary/aromatic N) is 4. The van der Waals surface area contributed by atoms with Gasteiger partial charge in [0, 0.05) is 63.0 Å². The van der Waals surface area contributed by atoms with Crippen LogP contribution >= 0.6 is 0 Å². The molecular formula is C31H39FN6O. The zero-order valence-electron chi connectivity index (χ0n) is 23.3. The van der Waals surface area contributed by atoms with Crippen LogP contribution in [-0.4, -0.2) is 61.7 Å². The number of anilines is 3. The van der Waals surface area contributed by atoms with E-state index in [0.29, 0.717) is 12.0 Å². The predicted octanol–water partition coefficient (Wildman–Crippen LogP) is 6.04. The van der Waals surface area contributed by atoms with Crippen molar-refractivity contribution in [3.63, 3.8) is 0 Å². The van der Waals surface area contributed by atoms with Crippen molar-refractivity contribution >= 4 is 28.4 Å². The second-order valence-electron chi connectivity index (χ2n) is 9.79. The predicted molar refractivity (Wildman–Crippen MR) is 159 cm³/mol. The SMILES string of the molecule is CCNc1nc(NC2CCN(Cc3c(OC)cccc3N(C)C)CC2)c2ccccc2n1.Fc1ccccc1. The van der Waals surface area contributed by atoms with E-state index >= 15 is 0 Å². The number of para-hydroxylation sites is 1. The molecule has 3 aromatic carbocycles. The summed E-state index contributed by atoms with van der Waals surface area (Å²) in [6, 6.07) is 22.8. The molecule has 1 aromatic heterocycles. The quantitative estimate of drug-likeness (QED) is 0.288. The Morgan fingerprint density at radius 1 is 0.949 bits per heavy atom. The van der Waals surface area contributed by atoms with Crippen molar-refractivity contribution in [2.24, 2.45) is 0 Å². The Morgan fingerprint density at radius 3 is 2.31 bits per heavy atom. The standard InChI is InChI=1S/C25H34N6O.C6H5F/c1-5-26-25-28-21-10-7-6-9-19(21)24(29-25)27-18-13-15-31(16-14-18)17-20-22(30(2)3)11-8-12-23(20)32-4;7-6-4-2-1-3-5-6/h6-12,18H,5,13-17H2,1-4H3,(H2,26,27,28,29);1-5H. The van der Waals surface area contributed by atoms with Gasteiger partial charge in [-0.25, -0.2) is 9.37 Å². The number of rotatable bonds is 8. The molecule has 5 rings (SSSR count). The van der Waals surface area contributed by atoms with E-state index in [1.807, 2.05) is 18.2 Å². The van der Waals surface area contributed by atoms with Gasteiger partial charge in [0.2, 0.25) is 5.95 Å². The molecule has 0 spiro atoms. The maximum atomic E-state index is 11.9. The van der Waals surface area contributed by atoms with E-state index in [2.05, 4.69) is 70.7 Å². The molecule has 0 amide bonds. The van der Waals surface area contributed by atoms with Crippen molar-refractivity contribution in [3.8, 4) is 5.75 Å². The minimum absolute atomic E-state index is 0.178. The molecule has 0 bridgehead atoms. The van der Waals surface area contributed by atoms with Crippen LogP contribution in [0.1, 0.15) is 25.3 Å². The van der Waals surface area contributed by atoms with Gasteiger partial charge in [-0.15, -0.1) is 0 Å². The molecule has 1 aliphatic rings. The van der Waals surface area contributed by atoms with E-state index in [1.54, 1.807) is 25.3 Å². The number of piperidine rings is 1. The smallest absolute Gasteiger partial charge is 0.225 e. The van der Waals surface area contributed by atoms with Gasteiger partial charge in [0.05, 0.1) is 12.6 Å². The maximum absolute atomic E-state index is 11.9. The van der Waals surface area contributed by atoms with Crippen LogP contribution in [0.4, 0.5) is 21.8 Å². The van der Waals surface area contributed by atoms with E-state index in [4.69, 9.17) is 9.72 Å². The van der Waals surface area contributed by atoms with E-state index < -0.39 is 0 Å². The van der Waals surface area contributed by atoms with Crippen LogP contribution in [0.25, 0.3) is 10.9 Å². The monoisotopic (exact) mass is 530 g/mol. The van der Waals surface area contributed by atoms with Gasteiger partial charge < -0.3 is 20.3 Å². The number of nitrogens with one attached hydrogen (secondary N) is 2. The highest BCUT2D eigenvalue weighted by atomic mass is 19.1. The first kappa shape index (κ1) is 28.1. The third kappa shape index (κ3) is 7.57. The lowest BCUT2D eigenvalue weighted by atomic mass is 10.0. The molecule has 7 nitrogen and oxygen atoms in total. The zero-order valence-corrected chi connectivity index (χ0v) is 23.3. The Balaban J connectivity index is 0.000000438. The minimum Gasteiger partial charge on any atom is -0.496 e. The molecule has 39 heavy (non-hydrogen) atoms. The number of hydrogen-bond donors (Lipinski definition) is 2. The van der Waals surface area contributed by atoms with Crippen LogP contribution in [-0.2, 0) is 6.54 Å². The summed E-state index contributed by atoms with van der Waals surface area (Å²) in [6.45, 7) is 5.82.